The molecule has 10 heteroatoms. The fourth-order valence-corrected chi connectivity index (χ4v) is 4.79. The van der Waals surface area contributed by atoms with E-state index in [2.05, 4.69) is 26.1 Å². The molecule has 172 valence electrons. The second-order valence-corrected chi connectivity index (χ2v) is 9.23. The van der Waals surface area contributed by atoms with E-state index in [-0.39, 0.29) is 17.6 Å². The van der Waals surface area contributed by atoms with E-state index in [9.17, 15) is 9.59 Å². The lowest BCUT2D eigenvalue weighted by Crippen LogP contribution is -2.45. The second-order valence-electron chi connectivity index (χ2n) is 7.37. The number of nitrogens with zero attached hydrogens (tertiary/aromatic N) is 5. The molecule has 1 saturated heterocycles. The Labute approximate surface area is 205 Å². The van der Waals surface area contributed by atoms with Crippen molar-refractivity contribution in [3.05, 3.63) is 58.6 Å². The molecule has 1 aliphatic heterocycles. The summed E-state index contributed by atoms with van der Waals surface area (Å²) in [5.74, 6) is 1.39. The highest BCUT2D eigenvalue weighted by Gasteiger charge is 2.31. The molecule has 0 saturated carbocycles. The van der Waals surface area contributed by atoms with Crippen molar-refractivity contribution in [1.29, 1.82) is 0 Å². The summed E-state index contributed by atoms with van der Waals surface area (Å²) in [5.41, 5.74) is 1.48. The van der Waals surface area contributed by atoms with Gasteiger partial charge in [-0.2, -0.15) is 0 Å². The van der Waals surface area contributed by atoms with Crippen LogP contribution >= 0.6 is 27.7 Å². The van der Waals surface area contributed by atoms with Gasteiger partial charge in [0.05, 0.1) is 12.9 Å². The maximum atomic E-state index is 13.0. The Bertz CT molecular complexity index is 1130. The molecule has 1 aliphatic rings. The molecule has 1 fully saturated rings. The van der Waals surface area contributed by atoms with E-state index in [1.807, 2.05) is 47.9 Å². The number of rotatable bonds is 7. The molecular weight excluding hydrogens is 506 g/mol. The molecule has 0 bridgehead atoms. The highest BCUT2D eigenvalue weighted by molar-refractivity contribution is 9.10. The van der Waals surface area contributed by atoms with Crippen LogP contribution in [0.1, 0.15) is 23.7 Å². The van der Waals surface area contributed by atoms with E-state index in [0.29, 0.717) is 30.4 Å². The molecule has 0 atom stereocenters. The van der Waals surface area contributed by atoms with Crippen LogP contribution in [0.3, 0.4) is 0 Å². The molecule has 0 aliphatic carbocycles. The van der Waals surface area contributed by atoms with E-state index in [0.717, 1.165) is 28.0 Å². The number of ether oxygens (including phenoxy) is 1. The van der Waals surface area contributed by atoms with Crippen molar-refractivity contribution in [1.82, 2.24) is 24.8 Å². The first-order valence-corrected chi connectivity index (χ1v) is 12.4. The molecule has 2 heterocycles. The number of methoxy groups -OCH3 is 1. The Morgan fingerprint density at radius 1 is 1.03 bits per heavy atom. The van der Waals surface area contributed by atoms with Gasteiger partial charge in [-0.1, -0.05) is 27.7 Å². The van der Waals surface area contributed by atoms with Crippen molar-refractivity contribution in [2.45, 2.75) is 25.0 Å². The zero-order valence-electron chi connectivity index (χ0n) is 18.4. The third-order valence-electron chi connectivity index (χ3n) is 5.35. The van der Waals surface area contributed by atoms with Gasteiger partial charge in [0.1, 0.15) is 5.75 Å². The number of halogens is 1. The molecule has 1 aromatic heterocycles. The molecule has 0 spiro atoms. The average Bonchev–Trinajstić information content (AvgIpc) is 3.50. The first kappa shape index (κ1) is 23.3. The lowest BCUT2D eigenvalue weighted by molar-refractivity contribution is -0.137. The summed E-state index contributed by atoms with van der Waals surface area (Å²) < 4.78 is 8.10. The predicted molar refractivity (Wildman–Crippen MR) is 130 cm³/mol. The number of thioether (sulfide) groups is 1. The number of hydrogen-bond acceptors (Lipinski definition) is 6. The zero-order chi connectivity index (χ0) is 23.4. The maximum Gasteiger partial charge on any atom is 0.272 e. The van der Waals surface area contributed by atoms with Gasteiger partial charge in [0.25, 0.3) is 11.8 Å². The molecular formula is C23H24BrN5O3S. The molecule has 3 aromatic rings. The molecule has 33 heavy (non-hydrogen) atoms. The minimum atomic E-state index is -0.170. The third kappa shape index (κ3) is 5.06. The van der Waals surface area contributed by atoms with Gasteiger partial charge in [-0.25, -0.2) is 5.01 Å². The van der Waals surface area contributed by atoms with Crippen LogP contribution in [-0.4, -0.2) is 62.5 Å². The number of hydrogen-bond donors (Lipinski definition) is 0. The molecule has 0 unspecified atom stereocenters. The van der Waals surface area contributed by atoms with Crippen molar-refractivity contribution in [2.24, 2.45) is 0 Å². The summed E-state index contributed by atoms with van der Waals surface area (Å²) >= 11 is 4.71. The average molecular weight is 530 g/mol. The quantitative estimate of drug-likeness (QED) is 0.428. The predicted octanol–water partition coefficient (Wildman–Crippen LogP) is 4.12. The Balaban J connectivity index is 1.44. The zero-order valence-corrected chi connectivity index (χ0v) is 20.8. The minimum Gasteiger partial charge on any atom is -0.497 e. The van der Waals surface area contributed by atoms with Gasteiger partial charge in [-0.3, -0.25) is 14.6 Å². The number of hydrazine groups is 1. The summed E-state index contributed by atoms with van der Waals surface area (Å²) in [5, 5.41) is 12.4. The Morgan fingerprint density at radius 2 is 1.73 bits per heavy atom. The fourth-order valence-electron chi connectivity index (χ4n) is 3.66. The Morgan fingerprint density at radius 3 is 2.39 bits per heavy atom. The lowest BCUT2D eigenvalue weighted by atomic mass is 10.2. The van der Waals surface area contributed by atoms with Crippen LogP contribution in [0.25, 0.3) is 11.4 Å². The lowest BCUT2D eigenvalue weighted by Gasteiger charge is -2.27. The Kier molecular flexibility index (Phi) is 7.34. The number of amides is 2. The molecule has 0 radical (unpaired) electrons. The van der Waals surface area contributed by atoms with Crippen molar-refractivity contribution >= 4 is 39.5 Å². The van der Waals surface area contributed by atoms with E-state index in [1.165, 1.54) is 11.8 Å². The Hall–Kier alpha value is -2.85. The number of carbonyl (C=O) groups is 2. The summed E-state index contributed by atoms with van der Waals surface area (Å²) in [6.07, 6.45) is 0.755. The van der Waals surface area contributed by atoms with Crippen molar-refractivity contribution in [2.75, 3.05) is 26.0 Å². The van der Waals surface area contributed by atoms with E-state index in [4.69, 9.17) is 4.74 Å². The monoisotopic (exact) mass is 529 g/mol. The minimum absolute atomic E-state index is 0.125. The number of carbonyl (C=O) groups excluding carboxylic acids is 2. The van der Waals surface area contributed by atoms with Gasteiger partial charge in [0.2, 0.25) is 0 Å². The first-order valence-electron chi connectivity index (χ1n) is 10.6. The normalized spacial score (nSPS) is 13.4. The first-order chi connectivity index (χ1) is 16.0. The molecule has 2 aromatic carbocycles. The maximum absolute atomic E-state index is 13.0. The molecule has 0 N–H and O–H groups in total. The van der Waals surface area contributed by atoms with Crippen LogP contribution < -0.4 is 4.74 Å². The van der Waals surface area contributed by atoms with E-state index >= 15 is 0 Å². The van der Waals surface area contributed by atoms with Crippen molar-refractivity contribution in [3.8, 4) is 17.1 Å². The van der Waals surface area contributed by atoms with Gasteiger partial charge < -0.3 is 9.30 Å². The van der Waals surface area contributed by atoms with E-state index in [1.54, 1.807) is 29.3 Å². The van der Waals surface area contributed by atoms with E-state index < -0.39 is 0 Å². The van der Waals surface area contributed by atoms with Gasteiger partial charge in [0, 0.05) is 35.2 Å². The molecule has 8 nitrogen and oxygen atoms in total. The number of aromatic nitrogens is 3. The molecule has 4 rings (SSSR count). The summed E-state index contributed by atoms with van der Waals surface area (Å²) in [6.45, 7) is 3.74. The molecule has 2 amide bonds. The highest BCUT2D eigenvalue weighted by Crippen LogP contribution is 2.26. The van der Waals surface area contributed by atoms with Gasteiger partial charge in [0.15, 0.2) is 11.0 Å². The van der Waals surface area contributed by atoms with Crippen LogP contribution in [-0.2, 0) is 11.3 Å². The summed E-state index contributed by atoms with van der Waals surface area (Å²) in [7, 11) is 1.63. The number of benzene rings is 2. The van der Waals surface area contributed by atoms with Crippen LogP contribution in [0.4, 0.5) is 0 Å². The summed E-state index contributed by atoms with van der Waals surface area (Å²) in [6, 6.07) is 14.8. The fraction of sp³-hybridized carbons (Fsp3) is 0.304. The van der Waals surface area contributed by atoms with Crippen LogP contribution in [0.15, 0.2) is 58.2 Å². The summed E-state index contributed by atoms with van der Waals surface area (Å²) in [4.78, 5) is 25.9. The van der Waals surface area contributed by atoms with Crippen LogP contribution in [0, 0.1) is 0 Å². The third-order valence-corrected chi connectivity index (χ3v) is 6.83. The van der Waals surface area contributed by atoms with Gasteiger partial charge in [-0.05, 0) is 61.9 Å². The van der Waals surface area contributed by atoms with Crippen LogP contribution in [0.2, 0.25) is 0 Å². The van der Waals surface area contributed by atoms with Gasteiger partial charge >= 0.3 is 0 Å². The highest BCUT2D eigenvalue weighted by atomic mass is 79.9. The SMILES string of the molecule is CCn1c(SCC(=O)N2CCCN2C(=O)c2ccc(Br)cc2)nnc1-c1ccc(OC)cc1. The van der Waals surface area contributed by atoms with Gasteiger partial charge in [-0.15, -0.1) is 10.2 Å². The standard InChI is InChI=1S/C23H24BrN5O3S/c1-3-27-21(16-7-11-19(32-2)12-8-16)25-26-23(27)33-15-20(30)28-13-4-14-29(28)22(31)17-5-9-18(24)10-6-17/h5-12H,3-4,13-15H2,1-2H3. The van der Waals surface area contributed by atoms with Crippen molar-refractivity contribution < 1.29 is 14.3 Å². The largest absolute Gasteiger partial charge is 0.497 e. The van der Waals surface area contributed by atoms with Crippen molar-refractivity contribution in [3.63, 3.8) is 0 Å². The smallest absolute Gasteiger partial charge is 0.272 e. The second kappa shape index (κ2) is 10.4. The topological polar surface area (TPSA) is 80.6 Å². The van der Waals surface area contributed by atoms with Crippen LogP contribution in [0.5, 0.6) is 5.75 Å².